The Balaban J connectivity index is 2.61. The van der Waals surface area contributed by atoms with E-state index in [-0.39, 0.29) is 11.4 Å². The molecule has 0 spiro atoms. The van der Waals surface area contributed by atoms with Gasteiger partial charge in [-0.1, -0.05) is 25.9 Å². The summed E-state index contributed by atoms with van der Waals surface area (Å²) in [5, 5.41) is 6.76. The second kappa shape index (κ2) is 7.43. The molecule has 5 heteroatoms. The third-order valence-corrected chi connectivity index (χ3v) is 4.01. The molecule has 5 nitrogen and oxygen atoms in total. The average Bonchev–Trinajstić information content (AvgIpc) is 2.93. The van der Waals surface area contributed by atoms with Crippen molar-refractivity contribution < 1.29 is 9.32 Å². The third kappa shape index (κ3) is 4.07. The molecule has 1 atom stereocenters. The SMILES string of the molecule is CCCN(C)C(C)(CC)CNC(=O)c1cc(CC)on1. The molecule has 1 aromatic rings. The van der Waals surface area contributed by atoms with Crippen LogP contribution in [0.25, 0.3) is 0 Å². The molecule has 1 rings (SSSR count). The predicted octanol–water partition coefficient (Wildman–Crippen LogP) is 2.48. The van der Waals surface area contributed by atoms with Crippen LogP contribution in [0.2, 0.25) is 0 Å². The Morgan fingerprint density at radius 3 is 2.65 bits per heavy atom. The van der Waals surface area contributed by atoms with Crippen molar-refractivity contribution in [2.24, 2.45) is 0 Å². The van der Waals surface area contributed by atoms with Crippen LogP contribution in [0.5, 0.6) is 0 Å². The van der Waals surface area contributed by atoms with Crippen LogP contribution in [0.4, 0.5) is 0 Å². The van der Waals surface area contributed by atoms with Gasteiger partial charge in [0.05, 0.1) is 0 Å². The second-order valence-corrected chi connectivity index (χ2v) is 5.49. The number of rotatable bonds is 8. The van der Waals surface area contributed by atoms with Crippen LogP contribution in [-0.4, -0.2) is 41.6 Å². The Hall–Kier alpha value is -1.36. The largest absolute Gasteiger partial charge is 0.361 e. The number of carbonyl (C=O) groups is 1. The van der Waals surface area contributed by atoms with Crippen molar-refractivity contribution in [2.45, 2.75) is 52.5 Å². The number of hydrogen-bond donors (Lipinski definition) is 1. The molecule has 1 heterocycles. The van der Waals surface area contributed by atoms with Crippen molar-refractivity contribution in [1.82, 2.24) is 15.4 Å². The van der Waals surface area contributed by atoms with Gasteiger partial charge in [0.2, 0.25) is 0 Å². The van der Waals surface area contributed by atoms with Crippen molar-refractivity contribution in [1.29, 1.82) is 0 Å². The first-order chi connectivity index (χ1) is 9.46. The normalized spacial score (nSPS) is 14.3. The van der Waals surface area contributed by atoms with Gasteiger partial charge in [0, 0.05) is 24.6 Å². The Morgan fingerprint density at radius 2 is 2.15 bits per heavy atom. The number of likely N-dealkylation sites (N-methyl/N-ethyl adjacent to an activating group) is 1. The van der Waals surface area contributed by atoms with Crippen LogP contribution in [0.1, 0.15) is 56.8 Å². The topological polar surface area (TPSA) is 58.4 Å². The number of carbonyl (C=O) groups excluding carboxylic acids is 1. The molecule has 0 aliphatic heterocycles. The number of aromatic nitrogens is 1. The van der Waals surface area contributed by atoms with Crippen LogP contribution >= 0.6 is 0 Å². The summed E-state index contributed by atoms with van der Waals surface area (Å²) in [4.78, 5) is 14.4. The van der Waals surface area contributed by atoms with E-state index in [9.17, 15) is 4.79 Å². The summed E-state index contributed by atoms with van der Waals surface area (Å²) in [6.07, 6.45) is 2.82. The number of nitrogens with one attached hydrogen (secondary N) is 1. The first-order valence-corrected chi connectivity index (χ1v) is 7.41. The minimum atomic E-state index is -0.168. The van der Waals surface area contributed by atoms with Crippen molar-refractivity contribution in [3.8, 4) is 0 Å². The Kier molecular flexibility index (Phi) is 6.20. The van der Waals surface area contributed by atoms with Crippen LogP contribution in [-0.2, 0) is 6.42 Å². The molecule has 0 saturated carbocycles. The minimum absolute atomic E-state index is 0.0387. The van der Waals surface area contributed by atoms with Crippen LogP contribution in [0.3, 0.4) is 0 Å². The lowest BCUT2D eigenvalue weighted by Crippen LogP contribution is -2.52. The highest BCUT2D eigenvalue weighted by molar-refractivity contribution is 5.92. The molecular formula is C15H27N3O2. The average molecular weight is 281 g/mol. The van der Waals surface area contributed by atoms with E-state index in [1.165, 1.54) is 0 Å². The van der Waals surface area contributed by atoms with Gasteiger partial charge in [-0.25, -0.2) is 0 Å². The number of nitrogens with zero attached hydrogens (tertiary/aromatic N) is 2. The van der Waals surface area contributed by atoms with Gasteiger partial charge in [0.25, 0.3) is 5.91 Å². The summed E-state index contributed by atoms with van der Waals surface area (Å²) >= 11 is 0. The van der Waals surface area contributed by atoms with E-state index >= 15 is 0 Å². The van der Waals surface area contributed by atoms with Gasteiger partial charge < -0.3 is 9.84 Å². The van der Waals surface area contributed by atoms with Crippen molar-refractivity contribution >= 4 is 5.91 Å². The molecule has 1 unspecified atom stereocenters. The maximum atomic E-state index is 12.1. The summed E-state index contributed by atoms with van der Waals surface area (Å²) in [5.74, 6) is 0.564. The number of amides is 1. The Labute approximate surface area is 121 Å². The molecule has 1 N–H and O–H groups in total. The molecule has 0 fully saturated rings. The number of aryl methyl sites for hydroxylation is 1. The summed E-state index contributed by atoms with van der Waals surface area (Å²) in [5.41, 5.74) is 0.321. The third-order valence-electron chi connectivity index (χ3n) is 4.01. The van der Waals surface area contributed by atoms with Gasteiger partial charge >= 0.3 is 0 Å². The van der Waals surface area contributed by atoms with Crippen molar-refractivity contribution in [2.75, 3.05) is 20.1 Å². The minimum Gasteiger partial charge on any atom is -0.361 e. The smallest absolute Gasteiger partial charge is 0.273 e. The highest BCUT2D eigenvalue weighted by Gasteiger charge is 2.27. The summed E-state index contributed by atoms with van der Waals surface area (Å²) in [6.45, 7) is 10.1. The zero-order valence-electron chi connectivity index (χ0n) is 13.3. The lowest BCUT2D eigenvalue weighted by Gasteiger charge is -2.38. The van der Waals surface area contributed by atoms with Gasteiger partial charge in [0.1, 0.15) is 5.76 Å². The highest BCUT2D eigenvalue weighted by Crippen LogP contribution is 2.17. The van der Waals surface area contributed by atoms with Gasteiger partial charge in [0.15, 0.2) is 5.69 Å². The lowest BCUT2D eigenvalue weighted by molar-refractivity contribution is 0.0870. The maximum Gasteiger partial charge on any atom is 0.273 e. The van der Waals surface area contributed by atoms with Crippen LogP contribution in [0.15, 0.2) is 10.6 Å². The van der Waals surface area contributed by atoms with Gasteiger partial charge in [-0.05, 0) is 33.4 Å². The molecule has 1 amide bonds. The zero-order chi connectivity index (χ0) is 15.2. The fraction of sp³-hybridized carbons (Fsp3) is 0.733. The predicted molar refractivity (Wildman–Crippen MR) is 79.8 cm³/mol. The van der Waals surface area contributed by atoms with Crippen LogP contribution in [0, 0.1) is 0 Å². The van der Waals surface area contributed by atoms with Gasteiger partial charge in [-0.2, -0.15) is 0 Å². The van der Waals surface area contributed by atoms with E-state index in [0.29, 0.717) is 12.2 Å². The first kappa shape index (κ1) is 16.7. The van der Waals surface area contributed by atoms with E-state index in [1.54, 1.807) is 6.07 Å². The Bertz CT molecular complexity index is 431. The van der Waals surface area contributed by atoms with E-state index < -0.39 is 0 Å². The highest BCUT2D eigenvalue weighted by atomic mass is 16.5. The standard InChI is InChI=1S/C15H27N3O2/c1-6-9-18(5)15(4,8-3)11-16-14(19)13-10-12(7-2)20-17-13/h10H,6-9,11H2,1-5H3,(H,16,19). The summed E-state index contributed by atoms with van der Waals surface area (Å²) in [6, 6.07) is 1.70. The molecule has 20 heavy (non-hydrogen) atoms. The molecule has 0 aliphatic carbocycles. The molecule has 0 saturated heterocycles. The quantitative estimate of drug-likeness (QED) is 0.795. The molecular weight excluding hydrogens is 254 g/mol. The molecule has 114 valence electrons. The molecule has 0 radical (unpaired) electrons. The van der Waals surface area contributed by atoms with Crippen molar-refractivity contribution in [3.63, 3.8) is 0 Å². The van der Waals surface area contributed by atoms with Crippen molar-refractivity contribution in [3.05, 3.63) is 17.5 Å². The number of hydrogen-bond acceptors (Lipinski definition) is 4. The zero-order valence-corrected chi connectivity index (χ0v) is 13.3. The van der Waals surface area contributed by atoms with Gasteiger partial charge in [-0.15, -0.1) is 0 Å². The Morgan fingerprint density at radius 1 is 1.45 bits per heavy atom. The van der Waals surface area contributed by atoms with Gasteiger partial charge in [-0.3, -0.25) is 9.69 Å². The molecule has 0 aromatic carbocycles. The monoisotopic (exact) mass is 281 g/mol. The summed E-state index contributed by atoms with van der Waals surface area (Å²) < 4.78 is 5.06. The van der Waals surface area contributed by atoms with E-state index in [4.69, 9.17) is 4.52 Å². The molecule has 0 bridgehead atoms. The summed E-state index contributed by atoms with van der Waals surface area (Å²) in [7, 11) is 2.10. The maximum absolute atomic E-state index is 12.1. The first-order valence-electron chi connectivity index (χ1n) is 7.41. The molecule has 0 aliphatic rings. The van der Waals surface area contributed by atoms with E-state index in [2.05, 4.69) is 43.2 Å². The fourth-order valence-corrected chi connectivity index (χ4v) is 2.08. The van der Waals surface area contributed by atoms with E-state index in [1.807, 2.05) is 6.92 Å². The fourth-order valence-electron chi connectivity index (χ4n) is 2.08. The lowest BCUT2D eigenvalue weighted by atomic mass is 9.96. The second-order valence-electron chi connectivity index (χ2n) is 5.49. The van der Waals surface area contributed by atoms with Crippen LogP contribution < -0.4 is 5.32 Å². The molecule has 1 aromatic heterocycles. The van der Waals surface area contributed by atoms with E-state index in [0.717, 1.165) is 31.6 Å².